The van der Waals surface area contributed by atoms with Crippen LogP contribution in [0.4, 0.5) is 10.1 Å². The van der Waals surface area contributed by atoms with E-state index in [0.29, 0.717) is 5.69 Å². The standard InChI is InChI=1S/C15H19FN2OS/c1-15(7-3-2-4-8-15)14(19)18-10-5-6-12(16)11(9-10)13(17)20/h5-6,9H,2-4,7-8H2,1H3,(H2,17,20)(H,18,19). The first-order valence-electron chi connectivity index (χ1n) is 6.83. The van der Waals surface area contributed by atoms with Gasteiger partial charge in [-0.15, -0.1) is 0 Å². The lowest BCUT2D eigenvalue weighted by Crippen LogP contribution is -2.35. The molecule has 3 N–H and O–H groups in total. The zero-order chi connectivity index (χ0) is 14.8. The van der Waals surface area contributed by atoms with Gasteiger partial charge in [0.25, 0.3) is 0 Å². The molecule has 1 aromatic rings. The fourth-order valence-corrected chi connectivity index (χ4v) is 2.79. The monoisotopic (exact) mass is 294 g/mol. The molecule has 1 amide bonds. The molecule has 0 heterocycles. The average Bonchev–Trinajstić information content (AvgIpc) is 2.41. The molecule has 0 radical (unpaired) electrons. The summed E-state index contributed by atoms with van der Waals surface area (Å²) < 4.78 is 13.5. The Labute approximate surface area is 123 Å². The van der Waals surface area contributed by atoms with Gasteiger partial charge in [-0.1, -0.05) is 38.4 Å². The summed E-state index contributed by atoms with van der Waals surface area (Å²) in [5.74, 6) is -0.489. The fraction of sp³-hybridized carbons (Fsp3) is 0.467. The number of carbonyl (C=O) groups is 1. The summed E-state index contributed by atoms with van der Waals surface area (Å²) in [6.07, 6.45) is 5.12. The number of halogens is 1. The number of thiocarbonyl (C=S) groups is 1. The Morgan fingerprint density at radius 2 is 2.00 bits per heavy atom. The Bertz CT molecular complexity index is 539. The second-order valence-corrected chi connectivity index (χ2v) is 6.07. The number of hydrogen-bond donors (Lipinski definition) is 2. The van der Waals surface area contributed by atoms with Crippen LogP contribution in [0.1, 0.15) is 44.6 Å². The Hall–Kier alpha value is -1.49. The van der Waals surface area contributed by atoms with Gasteiger partial charge in [0, 0.05) is 16.7 Å². The van der Waals surface area contributed by atoms with Gasteiger partial charge in [0.2, 0.25) is 5.91 Å². The van der Waals surface area contributed by atoms with Gasteiger partial charge >= 0.3 is 0 Å². The minimum atomic E-state index is -0.473. The zero-order valence-corrected chi connectivity index (χ0v) is 12.4. The van der Waals surface area contributed by atoms with E-state index < -0.39 is 5.82 Å². The molecule has 1 aliphatic carbocycles. The summed E-state index contributed by atoms with van der Waals surface area (Å²) in [6, 6.07) is 4.29. The predicted octanol–water partition coefficient (Wildman–Crippen LogP) is 3.37. The number of anilines is 1. The van der Waals surface area contributed by atoms with Gasteiger partial charge in [-0.05, 0) is 31.0 Å². The van der Waals surface area contributed by atoms with Crippen LogP contribution in [0.15, 0.2) is 18.2 Å². The molecule has 1 aliphatic rings. The number of nitrogens with two attached hydrogens (primary N) is 1. The van der Waals surface area contributed by atoms with E-state index in [0.717, 1.165) is 25.7 Å². The SMILES string of the molecule is CC1(C(=O)Nc2ccc(F)c(C(N)=S)c2)CCCCC1. The number of rotatable bonds is 3. The normalized spacial score (nSPS) is 17.5. The van der Waals surface area contributed by atoms with Gasteiger partial charge < -0.3 is 11.1 Å². The molecule has 2 rings (SSSR count). The van der Waals surface area contributed by atoms with Crippen molar-refractivity contribution in [2.45, 2.75) is 39.0 Å². The van der Waals surface area contributed by atoms with Crippen LogP contribution in [0, 0.1) is 11.2 Å². The summed E-state index contributed by atoms with van der Waals surface area (Å²) in [4.78, 5) is 12.4. The van der Waals surface area contributed by atoms with Crippen LogP contribution in [0.3, 0.4) is 0 Å². The van der Waals surface area contributed by atoms with Crippen molar-refractivity contribution in [1.29, 1.82) is 0 Å². The highest BCUT2D eigenvalue weighted by atomic mass is 32.1. The first kappa shape index (κ1) is 14.9. The third-order valence-electron chi connectivity index (χ3n) is 3.99. The molecule has 0 aliphatic heterocycles. The van der Waals surface area contributed by atoms with Crippen molar-refractivity contribution in [3.8, 4) is 0 Å². The minimum Gasteiger partial charge on any atom is -0.389 e. The summed E-state index contributed by atoms with van der Waals surface area (Å²) in [7, 11) is 0. The lowest BCUT2D eigenvalue weighted by Gasteiger charge is -2.32. The third kappa shape index (κ3) is 3.15. The Kier molecular flexibility index (Phi) is 4.38. The maximum absolute atomic E-state index is 13.5. The van der Waals surface area contributed by atoms with Gasteiger partial charge in [-0.2, -0.15) is 0 Å². The van der Waals surface area contributed by atoms with Crippen LogP contribution < -0.4 is 11.1 Å². The quantitative estimate of drug-likeness (QED) is 0.840. The zero-order valence-electron chi connectivity index (χ0n) is 11.5. The summed E-state index contributed by atoms with van der Waals surface area (Å²) in [5.41, 5.74) is 5.82. The summed E-state index contributed by atoms with van der Waals surface area (Å²) >= 11 is 4.79. The molecular formula is C15H19FN2OS. The van der Waals surface area contributed by atoms with Crippen LogP contribution in [0.5, 0.6) is 0 Å². The highest BCUT2D eigenvalue weighted by Gasteiger charge is 2.34. The van der Waals surface area contributed by atoms with Crippen LogP contribution in [-0.2, 0) is 4.79 Å². The Balaban J connectivity index is 2.15. The van der Waals surface area contributed by atoms with Gasteiger partial charge in [-0.3, -0.25) is 4.79 Å². The molecule has 0 unspecified atom stereocenters. The Morgan fingerprint density at radius 1 is 1.35 bits per heavy atom. The average molecular weight is 294 g/mol. The Morgan fingerprint density at radius 3 is 2.60 bits per heavy atom. The molecule has 1 fully saturated rings. The lowest BCUT2D eigenvalue weighted by molar-refractivity contribution is -0.126. The van der Waals surface area contributed by atoms with Crippen molar-refractivity contribution < 1.29 is 9.18 Å². The molecule has 0 atom stereocenters. The second kappa shape index (κ2) is 5.87. The fourth-order valence-electron chi connectivity index (χ4n) is 2.63. The van der Waals surface area contributed by atoms with Gasteiger partial charge in [0.1, 0.15) is 10.8 Å². The number of hydrogen-bond acceptors (Lipinski definition) is 2. The van der Waals surface area contributed by atoms with Crippen molar-refractivity contribution in [3.63, 3.8) is 0 Å². The molecule has 0 spiro atoms. The number of benzene rings is 1. The third-order valence-corrected chi connectivity index (χ3v) is 4.21. The molecular weight excluding hydrogens is 275 g/mol. The van der Waals surface area contributed by atoms with E-state index in [2.05, 4.69) is 5.32 Å². The van der Waals surface area contributed by atoms with Crippen molar-refractivity contribution in [2.75, 3.05) is 5.32 Å². The maximum atomic E-state index is 13.5. The van der Waals surface area contributed by atoms with E-state index in [1.165, 1.54) is 24.6 Å². The van der Waals surface area contributed by atoms with Gasteiger partial charge in [0.15, 0.2) is 0 Å². The van der Waals surface area contributed by atoms with Gasteiger partial charge in [-0.25, -0.2) is 4.39 Å². The van der Waals surface area contributed by atoms with Crippen molar-refractivity contribution >= 4 is 28.8 Å². The molecule has 5 heteroatoms. The number of amides is 1. The van der Waals surface area contributed by atoms with Crippen LogP contribution in [-0.4, -0.2) is 10.9 Å². The molecule has 1 aromatic carbocycles. The smallest absolute Gasteiger partial charge is 0.230 e. The van der Waals surface area contributed by atoms with Crippen LogP contribution in [0.25, 0.3) is 0 Å². The number of nitrogens with one attached hydrogen (secondary N) is 1. The van der Waals surface area contributed by atoms with Gasteiger partial charge in [0.05, 0.1) is 0 Å². The molecule has 1 saturated carbocycles. The van der Waals surface area contributed by atoms with E-state index in [4.69, 9.17) is 18.0 Å². The van der Waals surface area contributed by atoms with E-state index in [1.54, 1.807) is 0 Å². The largest absolute Gasteiger partial charge is 0.389 e. The molecule has 108 valence electrons. The van der Waals surface area contributed by atoms with Crippen LogP contribution >= 0.6 is 12.2 Å². The molecule has 0 aromatic heterocycles. The summed E-state index contributed by atoms with van der Waals surface area (Å²) in [6.45, 7) is 1.99. The lowest BCUT2D eigenvalue weighted by atomic mass is 9.75. The molecule has 0 saturated heterocycles. The highest BCUT2D eigenvalue weighted by molar-refractivity contribution is 7.80. The maximum Gasteiger partial charge on any atom is 0.230 e. The van der Waals surface area contributed by atoms with E-state index in [9.17, 15) is 9.18 Å². The van der Waals surface area contributed by atoms with Crippen molar-refractivity contribution in [3.05, 3.63) is 29.6 Å². The first-order valence-corrected chi connectivity index (χ1v) is 7.24. The predicted molar refractivity (Wildman–Crippen MR) is 82.1 cm³/mol. The molecule has 0 bridgehead atoms. The first-order chi connectivity index (χ1) is 9.42. The van der Waals surface area contributed by atoms with Crippen molar-refractivity contribution in [1.82, 2.24) is 0 Å². The minimum absolute atomic E-state index is 0.0116. The second-order valence-electron chi connectivity index (χ2n) is 5.63. The van der Waals surface area contributed by atoms with Crippen LogP contribution in [0.2, 0.25) is 0 Å². The summed E-state index contributed by atoms with van der Waals surface area (Å²) in [5, 5.41) is 2.85. The van der Waals surface area contributed by atoms with E-state index in [1.807, 2.05) is 6.92 Å². The van der Waals surface area contributed by atoms with Crippen molar-refractivity contribution in [2.24, 2.45) is 11.1 Å². The van der Waals surface area contributed by atoms with E-state index in [-0.39, 0.29) is 21.9 Å². The van der Waals surface area contributed by atoms with E-state index >= 15 is 0 Å². The highest BCUT2D eigenvalue weighted by Crippen LogP contribution is 2.36. The molecule has 3 nitrogen and oxygen atoms in total. The topological polar surface area (TPSA) is 55.1 Å². The molecule has 20 heavy (non-hydrogen) atoms. The number of carbonyl (C=O) groups excluding carboxylic acids is 1.